The first-order chi connectivity index (χ1) is 11.2. The molecule has 1 N–H and O–H groups in total. The Bertz CT molecular complexity index is 528. The summed E-state index contributed by atoms with van der Waals surface area (Å²) in [6.45, 7) is 3.78. The number of thioether (sulfide) groups is 1. The first-order valence-corrected chi connectivity index (χ1v) is 9.85. The van der Waals surface area contributed by atoms with Crippen LogP contribution in [0.1, 0.15) is 12.8 Å². The summed E-state index contributed by atoms with van der Waals surface area (Å²) in [6, 6.07) is 8.45. The topological polar surface area (TPSA) is 35.6 Å². The first-order valence-electron chi connectivity index (χ1n) is 8.32. The Hall–Kier alpha value is -0.910. The van der Waals surface area contributed by atoms with E-state index in [1.807, 2.05) is 34.9 Å². The third-order valence-corrected chi connectivity index (χ3v) is 5.85. The fourth-order valence-corrected chi connectivity index (χ4v) is 4.42. The highest BCUT2D eigenvalue weighted by atomic mass is 35.5. The lowest BCUT2D eigenvalue weighted by molar-refractivity contribution is -0.130. The maximum absolute atomic E-state index is 12.4. The monoisotopic (exact) mass is 353 g/mol. The quantitative estimate of drug-likeness (QED) is 0.902. The number of benzene rings is 1. The number of carbonyl (C=O) groups is 1. The molecule has 0 aromatic heterocycles. The predicted octanol–water partition coefficient (Wildman–Crippen LogP) is 2.47. The average molecular weight is 354 g/mol. The number of amides is 1. The number of nitrogens with zero attached hydrogens (tertiary/aromatic N) is 2. The molecule has 1 amide bonds. The standard InChI is InChI=1S/C17H24ClN3OS/c18-14-2-1-3-16(12-14)20-6-8-21(9-7-20)17(22)13-19-15-4-10-23-11-5-15/h1-3,12,15,19H,4-11,13H2. The SMILES string of the molecule is O=C(CNC1CCSCC1)N1CCN(c2cccc(Cl)c2)CC1. The molecule has 3 rings (SSSR count). The highest BCUT2D eigenvalue weighted by Gasteiger charge is 2.22. The normalized spacial score (nSPS) is 19.9. The molecular weight excluding hydrogens is 330 g/mol. The third-order valence-electron chi connectivity index (χ3n) is 4.57. The van der Waals surface area contributed by atoms with Gasteiger partial charge in [-0.15, -0.1) is 0 Å². The lowest BCUT2D eigenvalue weighted by atomic mass is 10.1. The van der Waals surface area contributed by atoms with Crippen molar-refractivity contribution in [1.29, 1.82) is 0 Å². The van der Waals surface area contributed by atoms with Crippen LogP contribution in [0.5, 0.6) is 0 Å². The molecule has 0 saturated carbocycles. The second-order valence-electron chi connectivity index (χ2n) is 6.12. The zero-order valence-electron chi connectivity index (χ0n) is 13.3. The van der Waals surface area contributed by atoms with E-state index in [-0.39, 0.29) is 5.91 Å². The molecule has 0 aliphatic carbocycles. The minimum absolute atomic E-state index is 0.231. The zero-order valence-corrected chi connectivity index (χ0v) is 14.9. The molecule has 4 nitrogen and oxygen atoms in total. The van der Waals surface area contributed by atoms with Gasteiger partial charge in [0.1, 0.15) is 0 Å². The summed E-state index contributed by atoms with van der Waals surface area (Å²) < 4.78 is 0. The van der Waals surface area contributed by atoms with Crippen LogP contribution in [0.2, 0.25) is 5.02 Å². The minimum Gasteiger partial charge on any atom is -0.368 e. The molecule has 0 unspecified atom stereocenters. The van der Waals surface area contributed by atoms with E-state index in [4.69, 9.17) is 11.6 Å². The first kappa shape index (κ1) is 16.9. The molecule has 1 aromatic rings. The molecule has 0 radical (unpaired) electrons. The van der Waals surface area contributed by atoms with Gasteiger partial charge in [-0.2, -0.15) is 11.8 Å². The van der Waals surface area contributed by atoms with Crippen molar-refractivity contribution >= 4 is 35.0 Å². The van der Waals surface area contributed by atoms with Crippen LogP contribution in [-0.4, -0.2) is 61.1 Å². The summed E-state index contributed by atoms with van der Waals surface area (Å²) >= 11 is 8.07. The molecule has 0 bridgehead atoms. The zero-order chi connectivity index (χ0) is 16.1. The van der Waals surface area contributed by atoms with Gasteiger partial charge in [0.2, 0.25) is 5.91 Å². The van der Waals surface area contributed by atoms with Gasteiger partial charge >= 0.3 is 0 Å². The molecule has 126 valence electrons. The molecule has 2 aliphatic heterocycles. The van der Waals surface area contributed by atoms with Crippen molar-refractivity contribution in [3.8, 4) is 0 Å². The third kappa shape index (κ3) is 4.78. The number of carbonyl (C=O) groups excluding carboxylic acids is 1. The maximum atomic E-state index is 12.4. The average Bonchev–Trinajstić information content (AvgIpc) is 2.61. The maximum Gasteiger partial charge on any atom is 0.236 e. The molecular formula is C17H24ClN3OS. The van der Waals surface area contributed by atoms with Crippen molar-refractivity contribution in [1.82, 2.24) is 10.2 Å². The summed E-state index contributed by atoms with van der Waals surface area (Å²) in [4.78, 5) is 16.6. The van der Waals surface area contributed by atoms with E-state index < -0.39 is 0 Å². The minimum atomic E-state index is 0.231. The van der Waals surface area contributed by atoms with Gasteiger partial charge in [0.25, 0.3) is 0 Å². The number of rotatable bonds is 4. The van der Waals surface area contributed by atoms with E-state index in [2.05, 4.69) is 16.3 Å². The summed E-state index contributed by atoms with van der Waals surface area (Å²) in [5.41, 5.74) is 1.14. The van der Waals surface area contributed by atoms with Crippen LogP contribution >= 0.6 is 23.4 Å². The number of anilines is 1. The van der Waals surface area contributed by atoms with Crippen molar-refractivity contribution in [2.24, 2.45) is 0 Å². The summed E-state index contributed by atoms with van der Waals surface area (Å²) in [5.74, 6) is 2.66. The highest BCUT2D eigenvalue weighted by Crippen LogP contribution is 2.21. The number of piperazine rings is 1. The Morgan fingerprint density at radius 1 is 1.22 bits per heavy atom. The number of nitrogens with one attached hydrogen (secondary N) is 1. The van der Waals surface area contributed by atoms with Crippen LogP contribution in [0.3, 0.4) is 0 Å². The van der Waals surface area contributed by atoms with E-state index in [9.17, 15) is 4.79 Å². The molecule has 2 fully saturated rings. The Morgan fingerprint density at radius 3 is 2.65 bits per heavy atom. The molecule has 0 spiro atoms. The number of hydrogen-bond acceptors (Lipinski definition) is 4. The smallest absolute Gasteiger partial charge is 0.236 e. The van der Waals surface area contributed by atoms with Crippen LogP contribution in [0, 0.1) is 0 Å². The van der Waals surface area contributed by atoms with Crippen molar-refractivity contribution in [2.75, 3.05) is 49.1 Å². The van der Waals surface area contributed by atoms with Crippen molar-refractivity contribution < 1.29 is 4.79 Å². The van der Waals surface area contributed by atoms with Crippen LogP contribution in [-0.2, 0) is 4.79 Å². The predicted molar refractivity (Wildman–Crippen MR) is 98.6 cm³/mol. The fraction of sp³-hybridized carbons (Fsp3) is 0.588. The summed E-state index contributed by atoms with van der Waals surface area (Å²) in [7, 11) is 0. The van der Waals surface area contributed by atoms with Crippen LogP contribution in [0.4, 0.5) is 5.69 Å². The van der Waals surface area contributed by atoms with E-state index >= 15 is 0 Å². The van der Waals surface area contributed by atoms with Gasteiger partial charge in [0.05, 0.1) is 6.54 Å². The summed E-state index contributed by atoms with van der Waals surface area (Å²) in [5, 5.41) is 4.19. The largest absolute Gasteiger partial charge is 0.368 e. The lowest BCUT2D eigenvalue weighted by Gasteiger charge is -2.36. The van der Waals surface area contributed by atoms with Gasteiger partial charge in [-0.3, -0.25) is 4.79 Å². The molecule has 23 heavy (non-hydrogen) atoms. The Labute approximate surface area is 147 Å². The molecule has 0 atom stereocenters. The molecule has 2 saturated heterocycles. The van der Waals surface area contributed by atoms with E-state index in [0.29, 0.717) is 12.6 Å². The van der Waals surface area contributed by atoms with Gasteiger partial charge < -0.3 is 15.1 Å². The Kier molecular flexibility index (Phi) is 6.08. The van der Waals surface area contributed by atoms with Gasteiger partial charge in [-0.1, -0.05) is 17.7 Å². The second-order valence-corrected chi connectivity index (χ2v) is 7.78. The number of hydrogen-bond donors (Lipinski definition) is 1. The highest BCUT2D eigenvalue weighted by molar-refractivity contribution is 7.99. The van der Waals surface area contributed by atoms with Crippen molar-refractivity contribution in [3.63, 3.8) is 0 Å². The Balaban J connectivity index is 1.43. The molecule has 2 heterocycles. The van der Waals surface area contributed by atoms with Gasteiger partial charge in [0.15, 0.2) is 0 Å². The van der Waals surface area contributed by atoms with Crippen LogP contribution in [0.15, 0.2) is 24.3 Å². The number of halogens is 1. The summed E-state index contributed by atoms with van der Waals surface area (Å²) in [6.07, 6.45) is 2.36. The fourth-order valence-electron chi connectivity index (χ4n) is 3.13. The van der Waals surface area contributed by atoms with E-state index in [1.165, 1.54) is 24.3 Å². The van der Waals surface area contributed by atoms with Gasteiger partial charge in [0, 0.05) is 42.9 Å². The van der Waals surface area contributed by atoms with Crippen LogP contribution < -0.4 is 10.2 Å². The Morgan fingerprint density at radius 2 is 1.96 bits per heavy atom. The van der Waals surface area contributed by atoms with Crippen molar-refractivity contribution in [3.05, 3.63) is 29.3 Å². The van der Waals surface area contributed by atoms with E-state index in [0.717, 1.165) is 36.9 Å². The molecule has 6 heteroatoms. The molecule has 1 aromatic carbocycles. The molecule has 2 aliphatic rings. The van der Waals surface area contributed by atoms with Crippen LogP contribution in [0.25, 0.3) is 0 Å². The van der Waals surface area contributed by atoms with Gasteiger partial charge in [-0.05, 0) is 42.5 Å². The van der Waals surface area contributed by atoms with E-state index in [1.54, 1.807) is 0 Å². The van der Waals surface area contributed by atoms with Gasteiger partial charge in [-0.25, -0.2) is 0 Å². The van der Waals surface area contributed by atoms with Crippen molar-refractivity contribution in [2.45, 2.75) is 18.9 Å². The lowest BCUT2D eigenvalue weighted by Crippen LogP contribution is -2.51. The second kappa shape index (κ2) is 8.27.